The molecule has 0 bridgehead atoms. The van der Waals surface area contributed by atoms with Crippen molar-refractivity contribution in [2.45, 2.75) is 63.2 Å². The fraction of sp³-hybridized carbons (Fsp3) is 0.552. The molecule has 2 saturated heterocycles. The molecule has 0 aromatic carbocycles. The maximum absolute atomic E-state index is 13.2. The van der Waals surface area contributed by atoms with E-state index >= 15 is 0 Å². The number of halogens is 3. The lowest BCUT2D eigenvalue weighted by atomic mass is 10.1. The number of carbonyl (C=O) groups excluding carboxylic acids is 1. The molecule has 1 N–H and O–H groups in total. The fourth-order valence-electron chi connectivity index (χ4n) is 6.37. The Kier molecular flexibility index (Phi) is 7.99. The molecule has 2 aromatic heterocycles. The van der Waals surface area contributed by atoms with Gasteiger partial charge in [0.2, 0.25) is 5.91 Å². The summed E-state index contributed by atoms with van der Waals surface area (Å²) in [4.78, 5) is 33.6. The number of nitrogens with one attached hydrogen (secondary N) is 1. The maximum Gasteiger partial charge on any atom is 0.416 e. The zero-order valence-corrected chi connectivity index (χ0v) is 22.7. The third-order valence-electron chi connectivity index (χ3n) is 8.56. The second-order valence-electron chi connectivity index (χ2n) is 11.2. The number of hydrogen-bond acceptors (Lipinski definition) is 7. The smallest absolute Gasteiger partial charge is 0.381 e. The first kappa shape index (κ1) is 28.1. The van der Waals surface area contributed by atoms with E-state index in [0.717, 1.165) is 62.6 Å². The van der Waals surface area contributed by atoms with Crippen LogP contribution in [0.5, 0.6) is 0 Å². The number of ether oxygens (including phenoxy) is 2. The number of aromatic nitrogens is 2. The highest BCUT2D eigenvalue weighted by Crippen LogP contribution is 2.37. The normalized spacial score (nSPS) is 24.9. The molecule has 41 heavy (non-hydrogen) atoms. The van der Waals surface area contributed by atoms with Crippen molar-refractivity contribution < 1.29 is 27.4 Å². The van der Waals surface area contributed by atoms with E-state index < -0.39 is 17.3 Å². The van der Waals surface area contributed by atoms with Gasteiger partial charge in [-0.2, -0.15) is 13.2 Å². The lowest BCUT2D eigenvalue weighted by Crippen LogP contribution is -2.43. The molecule has 0 saturated carbocycles. The molecule has 4 aliphatic rings. The third-order valence-corrected chi connectivity index (χ3v) is 8.56. The summed E-state index contributed by atoms with van der Waals surface area (Å²) in [6, 6.07) is 4.06. The molecule has 1 amide bonds. The SMILES string of the molecule is O=C(CN1CCn2c(cc(C(F)(F)F)cc2=O)C1)N/C=C1/CN(C2CCOCC2)C[C@@H]1OC1CCc2ccncc21. The number of carbonyl (C=O) groups is 1. The van der Waals surface area contributed by atoms with E-state index in [1.807, 2.05) is 12.3 Å². The number of hydrogen-bond donors (Lipinski definition) is 1. The van der Waals surface area contributed by atoms with Crippen LogP contribution >= 0.6 is 0 Å². The first-order chi connectivity index (χ1) is 19.7. The molecule has 0 radical (unpaired) electrons. The highest BCUT2D eigenvalue weighted by Gasteiger charge is 2.37. The van der Waals surface area contributed by atoms with E-state index in [-0.39, 0.29) is 43.4 Å². The number of fused-ring (bicyclic) bond motifs is 2. The van der Waals surface area contributed by atoms with E-state index in [9.17, 15) is 22.8 Å². The fourth-order valence-corrected chi connectivity index (χ4v) is 6.37. The molecule has 9 nitrogen and oxygen atoms in total. The summed E-state index contributed by atoms with van der Waals surface area (Å²) >= 11 is 0. The number of amides is 1. The zero-order valence-electron chi connectivity index (χ0n) is 22.7. The Labute approximate surface area is 235 Å². The monoisotopic (exact) mass is 573 g/mol. The van der Waals surface area contributed by atoms with Gasteiger partial charge in [0.25, 0.3) is 5.56 Å². The van der Waals surface area contributed by atoms with Gasteiger partial charge in [0.15, 0.2) is 0 Å². The van der Waals surface area contributed by atoms with E-state index in [2.05, 4.69) is 15.2 Å². The van der Waals surface area contributed by atoms with Gasteiger partial charge in [-0.3, -0.25) is 24.4 Å². The molecular weight excluding hydrogens is 539 g/mol. The predicted molar refractivity (Wildman–Crippen MR) is 143 cm³/mol. The molecule has 220 valence electrons. The Hall–Kier alpha value is -3.06. The number of rotatable bonds is 6. The van der Waals surface area contributed by atoms with Crippen LogP contribution in [0.25, 0.3) is 0 Å². The summed E-state index contributed by atoms with van der Waals surface area (Å²) in [5.74, 6) is -0.265. The minimum absolute atomic E-state index is 0.00505. The predicted octanol–water partition coefficient (Wildman–Crippen LogP) is 2.65. The molecule has 0 spiro atoms. The quantitative estimate of drug-likeness (QED) is 0.569. The average Bonchev–Trinajstić information content (AvgIpc) is 3.56. The maximum atomic E-state index is 13.2. The topological polar surface area (TPSA) is 88.9 Å². The van der Waals surface area contributed by atoms with Gasteiger partial charge in [0.1, 0.15) is 0 Å². The van der Waals surface area contributed by atoms with Crippen LogP contribution in [0.15, 0.2) is 47.2 Å². The standard InChI is InChI=1S/C29H34F3N5O4/c30-29(31,32)21-11-23-16-35(7-8-37(23)28(39)12-21)18-27(38)34-13-20-15-36(22-4-9-40-10-5-22)17-26(20)41-25-2-1-19-3-6-33-14-24(19)25/h3,6,11-14,22,25-26H,1-2,4-5,7-10,15-18H2,(H,34,38)/b20-13-/t25?,26-/m0/s1. The van der Waals surface area contributed by atoms with Gasteiger partial charge in [-0.25, -0.2) is 0 Å². The van der Waals surface area contributed by atoms with Crippen molar-refractivity contribution in [3.63, 3.8) is 0 Å². The summed E-state index contributed by atoms with van der Waals surface area (Å²) in [5.41, 5.74) is 1.99. The van der Waals surface area contributed by atoms with Crippen molar-refractivity contribution in [3.05, 3.63) is 75.1 Å². The van der Waals surface area contributed by atoms with E-state index in [0.29, 0.717) is 25.2 Å². The van der Waals surface area contributed by atoms with Crippen molar-refractivity contribution >= 4 is 5.91 Å². The van der Waals surface area contributed by atoms with Crippen LogP contribution in [-0.2, 0) is 40.0 Å². The lowest BCUT2D eigenvalue weighted by Gasteiger charge is -2.30. The highest BCUT2D eigenvalue weighted by atomic mass is 19.4. The second kappa shape index (κ2) is 11.7. The summed E-state index contributed by atoms with van der Waals surface area (Å²) in [6.07, 6.45) is 4.36. The Bertz CT molecular complexity index is 1370. The molecule has 1 unspecified atom stereocenters. The van der Waals surface area contributed by atoms with E-state index in [1.165, 1.54) is 10.1 Å². The number of alkyl halides is 3. The highest BCUT2D eigenvalue weighted by molar-refractivity contribution is 5.79. The van der Waals surface area contributed by atoms with Crippen molar-refractivity contribution in [1.82, 2.24) is 24.7 Å². The van der Waals surface area contributed by atoms with Crippen LogP contribution in [0.3, 0.4) is 0 Å². The van der Waals surface area contributed by atoms with Crippen LogP contribution in [0.2, 0.25) is 0 Å². The van der Waals surface area contributed by atoms with Gasteiger partial charge in [-0.1, -0.05) is 0 Å². The van der Waals surface area contributed by atoms with Crippen molar-refractivity contribution in [2.24, 2.45) is 0 Å². The van der Waals surface area contributed by atoms with Crippen molar-refractivity contribution in [1.29, 1.82) is 0 Å². The van der Waals surface area contributed by atoms with Crippen LogP contribution in [0, 0.1) is 0 Å². The number of aryl methyl sites for hydroxylation is 1. The van der Waals surface area contributed by atoms with Gasteiger partial charge < -0.3 is 19.4 Å². The van der Waals surface area contributed by atoms with Gasteiger partial charge in [0, 0.05) is 87.9 Å². The molecule has 1 aliphatic carbocycles. The van der Waals surface area contributed by atoms with Crippen LogP contribution in [0.1, 0.15) is 47.8 Å². The molecular formula is C29H34F3N5O4. The summed E-state index contributed by atoms with van der Waals surface area (Å²) in [5, 5.41) is 2.91. The van der Waals surface area contributed by atoms with Gasteiger partial charge in [-0.05, 0) is 49.0 Å². The van der Waals surface area contributed by atoms with Crippen LogP contribution in [0.4, 0.5) is 13.2 Å². The summed E-state index contributed by atoms with van der Waals surface area (Å²) in [6.45, 7) is 3.60. The number of nitrogens with zero attached hydrogens (tertiary/aromatic N) is 4. The third kappa shape index (κ3) is 6.25. The number of likely N-dealkylation sites (tertiary alicyclic amines) is 1. The van der Waals surface area contributed by atoms with Gasteiger partial charge >= 0.3 is 6.18 Å². The molecule has 2 fully saturated rings. The van der Waals surface area contributed by atoms with Crippen molar-refractivity contribution in [3.8, 4) is 0 Å². The Morgan fingerprint density at radius 3 is 2.78 bits per heavy atom. The molecule has 5 heterocycles. The molecule has 2 aromatic rings. The zero-order chi connectivity index (χ0) is 28.6. The Balaban J connectivity index is 1.12. The minimum atomic E-state index is -4.60. The molecule has 3 aliphatic heterocycles. The molecule has 12 heteroatoms. The van der Waals surface area contributed by atoms with Gasteiger partial charge in [0.05, 0.1) is 24.3 Å². The van der Waals surface area contributed by atoms with Crippen LogP contribution in [-0.4, -0.2) is 76.8 Å². The second-order valence-corrected chi connectivity index (χ2v) is 11.2. The van der Waals surface area contributed by atoms with E-state index in [1.54, 1.807) is 17.3 Å². The Morgan fingerprint density at radius 2 is 1.98 bits per heavy atom. The summed E-state index contributed by atoms with van der Waals surface area (Å²) in [7, 11) is 0. The first-order valence-corrected chi connectivity index (χ1v) is 14.2. The van der Waals surface area contributed by atoms with Crippen LogP contribution < -0.4 is 10.9 Å². The van der Waals surface area contributed by atoms with Gasteiger partial charge in [-0.15, -0.1) is 0 Å². The molecule has 2 atom stereocenters. The largest absolute Gasteiger partial charge is 0.416 e. The number of pyridine rings is 2. The van der Waals surface area contributed by atoms with Crippen molar-refractivity contribution in [2.75, 3.05) is 39.4 Å². The molecule has 6 rings (SSSR count). The minimum Gasteiger partial charge on any atom is -0.381 e. The first-order valence-electron chi connectivity index (χ1n) is 14.2. The average molecular weight is 574 g/mol. The lowest BCUT2D eigenvalue weighted by molar-refractivity contribution is -0.138. The Morgan fingerprint density at radius 1 is 1.15 bits per heavy atom. The summed E-state index contributed by atoms with van der Waals surface area (Å²) < 4.78 is 53.2. The van der Waals surface area contributed by atoms with E-state index in [4.69, 9.17) is 9.47 Å².